The van der Waals surface area contributed by atoms with E-state index in [0.29, 0.717) is 51.5 Å². The van der Waals surface area contributed by atoms with Gasteiger partial charge in [-0.1, -0.05) is 6.07 Å². The number of nitrogens with zero attached hydrogens (tertiary/aromatic N) is 1. The number of anilines is 1. The molecule has 0 saturated carbocycles. The van der Waals surface area contributed by atoms with E-state index >= 15 is 0 Å². The highest BCUT2D eigenvalue weighted by atomic mass is 16.6. The van der Waals surface area contributed by atoms with Gasteiger partial charge in [-0.3, -0.25) is 24.5 Å². The predicted octanol–water partition coefficient (Wildman–Crippen LogP) is 1.35. The van der Waals surface area contributed by atoms with Crippen molar-refractivity contribution in [2.24, 2.45) is 0 Å². The molecular formula is C25H36N4O8. The molecule has 37 heavy (non-hydrogen) atoms. The van der Waals surface area contributed by atoms with E-state index in [9.17, 15) is 24.0 Å². The molecule has 1 heterocycles. The Bertz CT molecular complexity index is 976. The molecule has 1 unspecified atom stereocenters. The third-order valence-electron chi connectivity index (χ3n) is 5.30. The molecule has 12 nitrogen and oxygen atoms in total. The van der Waals surface area contributed by atoms with Gasteiger partial charge in [0.25, 0.3) is 5.91 Å². The summed E-state index contributed by atoms with van der Waals surface area (Å²) in [6.45, 7) is 7.37. The van der Waals surface area contributed by atoms with E-state index in [-0.39, 0.29) is 29.9 Å². The molecule has 2 rings (SSSR count). The molecule has 0 bridgehead atoms. The molecule has 3 N–H and O–H groups in total. The van der Waals surface area contributed by atoms with Gasteiger partial charge in [0.2, 0.25) is 11.8 Å². The maximum atomic E-state index is 13.0. The highest BCUT2D eigenvalue weighted by Gasteiger charge is 2.33. The molecule has 1 saturated heterocycles. The summed E-state index contributed by atoms with van der Waals surface area (Å²) in [5, 5.41) is 7.91. The summed E-state index contributed by atoms with van der Waals surface area (Å²) in [5.41, 5.74) is 0.238. The van der Waals surface area contributed by atoms with Gasteiger partial charge in [-0.15, -0.1) is 0 Å². The van der Waals surface area contributed by atoms with Crippen molar-refractivity contribution < 1.29 is 38.2 Å². The van der Waals surface area contributed by atoms with Crippen molar-refractivity contribution in [1.29, 1.82) is 0 Å². The van der Waals surface area contributed by atoms with Crippen LogP contribution in [0.4, 0.5) is 10.5 Å². The molecule has 1 fully saturated rings. The predicted molar refractivity (Wildman–Crippen MR) is 134 cm³/mol. The molecule has 0 radical (unpaired) electrons. The van der Waals surface area contributed by atoms with Gasteiger partial charge in [0, 0.05) is 32.2 Å². The van der Waals surface area contributed by atoms with Crippen LogP contribution in [-0.2, 0) is 23.8 Å². The van der Waals surface area contributed by atoms with Crippen LogP contribution in [0.15, 0.2) is 18.2 Å². The molecule has 204 valence electrons. The first-order chi connectivity index (χ1) is 17.5. The van der Waals surface area contributed by atoms with Crippen LogP contribution in [0.2, 0.25) is 0 Å². The number of ether oxygens (including phenoxy) is 3. The van der Waals surface area contributed by atoms with E-state index in [2.05, 4.69) is 16.0 Å². The lowest BCUT2D eigenvalue weighted by Gasteiger charge is -2.30. The number of piperidine rings is 1. The number of carbonyl (C=O) groups is 5. The van der Waals surface area contributed by atoms with Crippen molar-refractivity contribution in [1.82, 2.24) is 15.5 Å². The molecule has 0 aromatic heterocycles. The van der Waals surface area contributed by atoms with Gasteiger partial charge < -0.3 is 29.7 Å². The van der Waals surface area contributed by atoms with E-state index in [4.69, 9.17) is 14.2 Å². The Morgan fingerprint density at radius 2 is 1.78 bits per heavy atom. The quantitative estimate of drug-likeness (QED) is 0.199. The Morgan fingerprint density at radius 3 is 2.41 bits per heavy atom. The zero-order valence-electron chi connectivity index (χ0n) is 21.8. The van der Waals surface area contributed by atoms with Gasteiger partial charge in [-0.2, -0.15) is 0 Å². The number of carbonyl (C=O) groups excluding carboxylic acids is 5. The SMILES string of the molecule is CN(C(=O)c1cccc(NCCOCCOCCNC(=O)OC(C)(C)C)c1C=O)C1CCC(=O)NC1=O. The number of rotatable bonds is 13. The Kier molecular flexibility index (Phi) is 11.5. The maximum Gasteiger partial charge on any atom is 0.407 e. The zero-order valence-corrected chi connectivity index (χ0v) is 21.8. The number of amides is 4. The van der Waals surface area contributed by atoms with Crippen molar-refractivity contribution in [2.75, 3.05) is 51.9 Å². The molecular weight excluding hydrogens is 484 g/mol. The normalized spacial score (nSPS) is 15.5. The second-order valence-electron chi connectivity index (χ2n) is 9.35. The fourth-order valence-electron chi connectivity index (χ4n) is 3.54. The summed E-state index contributed by atoms with van der Waals surface area (Å²) >= 11 is 0. The molecule has 1 atom stereocenters. The number of likely N-dealkylation sites (N-methyl/N-ethyl adjacent to an activating group) is 1. The molecule has 4 amide bonds. The fourth-order valence-corrected chi connectivity index (χ4v) is 3.54. The van der Waals surface area contributed by atoms with Crippen LogP contribution in [0.3, 0.4) is 0 Å². The van der Waals surface area contributed by atoms with Crippen molar-refractivity contribution in [3.63, 3.8) is 0 Å². The number of aldehydes is 1. The number of nitrogens with one attached hydrogen (secondary N) is 3. The number of alkyl carbamates (subject to hydrolysis) is 1. The minimum Gasteiger partial charge on any atom is -0.444 e. The molecule has 1 aromatic rings. The molecule has 1 aromatic carbocycles. The van der Waals surface area contributed by atoms with Crippen LogP contribution in [-0.4, -0.2) is 93.2 Å². The van der Waals surface area contributed by atoms with Crippen LogP contribution in [0.25, 0.3) is 0 Å². The van der Waals surface area contributed by atoms with Gasteiger partial charge in [0.15, 0.2) is 6.29 Å². The number of hydrogen-bond donors (Lipinski definition) is 3. The standard InChI is InChI=1S/C25H36N4O8/c1-25(2,3)37-24(34)27-11-13-36-15-14-35-12-10-26-19-7-5-6-17(18(19)16-30)23(33)29(4)20-8-9-21(31)28-22(20)32/h5-7,16,20,26H,8-15H2,1-4H3,(H,27,34)(H,28,31,32). The highest BCUT2D eigenvalue weighted by molar-refractivity contribution is 6.07. The van der Waals surface area contributed by atoms with Crippen LogP contribution in [0, 0.1) is 0 Å². The average Bonchev–Trinajstić information content (AvgIpc) is 2.83. The number of hydrogen-bond acceptors (Lipinski definition) is 9. The first-order valence-corrected chi connectivity index (χ1v) is 12.1. The molecule has 1 aliphatic rings. The summed E-state index contributed by atoms with van der Waals surface area (Å²) < 4.78 is 16.0. The molecule has 0 spiro atoms. The summed E-state index contributed by atoms with van der Waals surface area (Å²) in [6, 6.07) is 4.05. The largest absolute Gasteiger partial charge is 0.444 e. The second-order valence-corrected chi connectivity index (χ2v) is 9.35. The van der Waals surface area contributed by atoms with Gasteiger partial charge in [-0.05, 0) is 39.3 Å². The van der Waals surface area contributed by atoms with Gasteiger partial charge in [-0.25, -0.2) is 4.79 Å². The first kappa shape index (κ1) is 29.7. The third kappa shape index (κ3) is 9.81. The molecule has 1 aliphatic heterocycles. The Labute approximate surface area is 216 Å². The molecule has 0 aliphatic carbocycles. The van der Waals surface area contributed by atoms with E-state index in [0.717, 1.165) is 0 Å². The topological polar surface area (TPSA) is 152 Å². The van der Waals surface area contributed by atoms with E-state index in [1.807, 2.05) is 0 Å². The zero-order chi connectivity index (χ0) is 27.4. The van der Waals surface area contributed by atoms with Gasteiger partial charge in [0.1, 0.15) is 11.6 Å². The lowest BCUT2D eigenvalue weighted by Crippen LogP contribution is -2.53. The van der Waals surface area contributed by atoms with Gasteiger partial charge >= 0.3 is 6.09 Å². The summed E-state index contributed by atoms with van der Waals surface area (Å²) in [4.78, 5) is 61.1. The Hall–Kier alpha value is -3.51. The number of imide groups is 1. The van der Waals surface area contributed by atoms with Crippen LogP contribution in [0.5, 0.6) is 0 Å². The van der Waals surface area contributed by atoms with Gasteiger partial charge in [0.05, 0.1) is 37.6 Å². The first-order valence-electron chi connectivity index (χ1n) is 12.1. The second kappa shape index (κ2) is 14.3. The minimum atomic E-state index is -0.787. The van der Waals surface area contributed by atoms with Crippen LogP contribution < -0.4 is 16.0 Å². The monoisotopic (exact) mass is 520 g/mol. The maximum absolute atomic E-state index is 13.0. The fraction of sp³-hybridized carbons (Fsp3) is 0.560. The smallest absolute Gasteiger partial charge is 0.407 e. The summed E-state index contributed by atoms with van der Waals surface area (Å²) in [7, 11) is 1.47. The van der Waals surface area contributed by atoms with E-state index in [1.165, 1.54) is 18.0 Å². The minimum absolute atomic E-state index is 0.143. The summed E-state index contributed by atoms with van der Waals surface area (Å²) in [5.74, 6) is -1.39. The molecule has 12 heteroatoms. The lowest BCUT2D eigenvalue weighted by atomic mass is 10.0. The van der Waals surface area contributed by atoms with Crippen molar-refractivity contribution >= 4 is 35.8 Å². The van der Waals surface area contributed by atoms with Crippen molar-refractivity contribution in [3.05, 3.63) is 29.3 Å². The Balaban J connectivity index is 1.73. The van der Waals surface area contributed by atoms with E-state index in [1.54, 1.807) is 32.9 Å². The van der Waals surface area contributed by atoms with E-state index < -0.39 is 29.6 Å². The summed E-state index contributed by atoms with van der Waals surface area (Å²) in [6.07, 6.45) is 0.460. The van der Waals surface area contributed by atoms with Crippen LogP contribution in [0.1, 0.15) is 54.3 Å². The average molecular weight is 521 g/mol. The van der Waals surface area contributed by atoms with Crippen molar-refractivity contribution in [3.8, 4) is 0 Å². The van der Waals surface area contributed by atoms with Crippen LogP contribution >= 0.6 is 0 Å². The Morgan fingerprint density at radius 1 is 1.11 bits per heavy atom. The third-order valence-corrected chi connectivity index (χ3v) is 5.30. The number of benzene rings is 1. The lowest BCUT2D eigenvalue weighted by molar-refractivity contribution is -0.136. The highest BCUT2D eigenvalue weighted by Crippen LogP contribution is 2.21. The van der Waals surface area contributed by atoms with Crippen molar-refractivity contribution in [2.45, 2.75) is 45.3 Å².